The molecule has 8 heteroatoms. The number of nitrogens with zero attached hydrogens (tertiary/aromatic N) is 4. The first-order valence-corrected chi connectivity index (χ1v) is 7.70. The largest absolute Gasteiger partial charge is 0.439 e. The molecule has 1 aliphatic rings. The lowest BCUT2D eigenvalue weighted by molar-refractivity contribution is -0.389. The molecule has 1 aromatic heterocycles. The summed E-state index contributed by atoms with van der Waals surface area (Å²) in [6, 6.07) is 3.05. The summed E-state index contributed by atoms with van der Waals surface area (Å²) in [6.45, 7) is 11.5. The van der Waals surface area contributed by atoms with Crippen LogP contribution in [0.3, 0.4) is 0 Å². The van der Waals surface area contributed by atoms with Crippen molar-refractivity contribution in [1.82, 2.24) is 9.88 Å². The van der Waals surface area contributed by atoms with Gasteiger partial charge >= 0.3 is 11.9 Å². The summed E-state index contributed by atoms with van der Waals surface area (Å²) < 4.78 is 5.50. The molecule has 0 aliphatic carbocycles. The van der Waals surface area contributed by atoms with Crippen LogP contribution < -0.4 is 4.90 Å². The molecule has 2 rings (SSSR count). The molecule has 0 N–H and O–H groups in total. The van der Waals surface area contributed by atoms with Gasteiger partial charge in [0.1, 0.15) is 5.60 Å². The molecule has 0 atom stereocenters. The van der Waals surface area contributed by atoms with Crippen molar-refractivity contribution < 1.29 is 14.5 Å². The maximum Gasteiger partial charge on any atom is 0.410 e. The molecule has 0 radical (unpaired) electrons. The van der Waals surface area contributed by atoms with Gasteiger partial charge in [-0.05, 0) is 42.3 Å². The first-order chi connectivity index (χ1) is 11.2. The molecule has 2 heterocycles. The molecule has 0 spiro atoms. The Labute approximate surface area is 140 Å². The van der Waals surface area contributed by atoms with Crippen molar-refractivity contribution in [3.63, 3.8) is 0 Å². The zero-order valence-electron chi connectivity index (χ0n) is 14.2. The van der Waals surface area contributed by atoms with Gasteiger partial charge in [-0.1, -0.05) is 6.58 Å². The minimum Gasteiger partial charge on any atom is -0.439 e. The number of ether oxygens (including phenoxy) is 1. The van der Waals surface area contributed by atoms with Crippen molar-refractivity contribution in [2.75, 3.05) is 31.1 Å². The first kappa shape index (κ1) is 17.7. The fourth-order valence-electron chi connectivity index (χ4n) is 2.19. The lowest BCUT2D eigenvalue weighted by Gasteiger charge is -2.37. The zero-order valence-corrected chi connectivity index (χ0v) is 14.2. The second kappa shape index (κ2) is 6.86. The summed E-state index contributed by atoms with van der Waals surface area (Å²) in [5, 5.41) is 10.6. The maximum atomic E-state index is 12.2. The van der Waals surface area contributed by atoms with Gasteiger partial charge in [0, 0.05) is 32.2 Å². The number of anilines is 1. The third-order valence-corrected chi connectivity index (χ3v) is 4.19. The fourth-order valence-corrected chi connectivity index (χ4v) is 2.19. The Hall–Kier alpha value is -2.64. The summed E-state index contributed by atoms with van der Waals surface area (Å²) in [6.07, 6.45) is 1.13. The fraction of sp³-hybridized carbons (Fsp3) is 0.500. The van der Waals surface area contributed by atoms with E-state index in [1.807, 2.05) is 25.7 Å². The number of carbonyl (C=O) groups is 1. The monoisotopic (exact) mass is 334 g/mol. The highest BCUT2D eigenvalue weighted by molar-refractivity contribution is 5.69. The van der Waals surface area contributed by atoms with E-state index >= 15 is 0 Å². The van der Waals surface area contributed by atoms with Gasteiger partial charge in [-0.3, -0.25) is 0 Å². The van der Waals surface area contributed by atoms with Crippen LogP contribution in [0.1, 0.15) is 20.8 Å². The van der Waals surface area contributed by atoms with Gasteiger partial charge in [-0.2, -0.15) is 0 Å². The van der Waals surface area contributed by atoms with Gasteiger partial charge < -0.3 is 24.7 Å². The number of aromatic nitrogens is 1. The van der Waals surface area contributed by atoms with Crippen molar-refractivity contribution in [3.05, 3.63) is 40.6 Å². The molecule has 1 amide bonds. The Morgan fingerprint density at radius 3 is 2.42 bits per heavy atom. The van der Waals surface area contributed by atoms with Crippen molar-refractivity contribution in [2.45, 2.75) is 26.4 Å². The van der Waals surface area contributed by atoms with E-state index in [1.165, 1.54) is 12.3 Å². The average Bonchev–Trinajstić information content (AvgIpc) is 2.54. The Balaban J connectivity index is 1.92. The van der Waals surface area contributed by atoms with Gasteiger partial charge in [0.25, 0.3) is 0 Å². The second-order valence-electron chi connectivity index (χ2n) is 6.26. The molecular formula is C16H22N4O4. The summed E-state index contributed by atoms with van der Waals surface area (Å²) in [7, 11) is 0. The van der Waals surface area contributed by atoms with E-state index in [0.29, 0.717) is 26.2 Å². The third kappa shape index (κ3) is 4.01. The van der Waals surface area contributed by atoms with Crippen LogP contribution >= 0.6 is 0 Å². The van der Waals surface area contributed by atoms with E-state index < -0.39 is 10.5 Å². The molecule has 0 bridgehead atoms. The molecule has 8 nitrogen and oxygen atoms in total. The second-order valence-corrected chi connectivity index (χ2v) is 6.26. The highest BCUT2D eigenvalue weighted by atomic mass is 16.6. The summed E-state index contributed by atoms with van der Waals surface area (Å²) in [5.41, 5.74) is 0.888. The summed E-state index contributed by atoms with van der Waals surface area (Å²) >= 11 is 0. The topological polar surface area (TPSA) is 88.8 Å². The van der Waals surface area contributed by atoms with Crippen molar-refractivity contribution in [2.24, 2.45) is 0 Å². The Kier molecular flexibility index (Phi) is 5.06. The van der Waals surface area contributed by atoms with Crippen LogP contribution in [0.15, 0.2) is 30.5 Å². The number of hydrogen-bond acceptors (Lipinski definition) is 6. The highest BCUT2D eigenvalue weighted by Gasteiger charge is 2.29. The molecule has 1 fully saturated rings. The van der Waals surface area contributed by atoms with Crippen LogP contribution in [0, 0.1) is 10.1 Å². The number of hydrogen-bond donors (Lipinski definition) is 0. The number of amides is 1. The van der Waals surface area contributed by atoms with Gasteiger partial charge in [-0.15, -0.1) is 0 Å². The molecule has 0 aromatic carbocycles. The van der Waals surface area contributed by atoms with Crippen LogP contribution in [-0.2, 0) is 4.74 Å². The van der Waals surface area contributed by atoms with Crippen LogP contribution in [0.25, 0.3) is 0 Å². The minimum absolute atomic E-state index is 0.178. The highest BCUT2D eigenvalue weighted by Crippen LogP contribution is 2.22. The van der Waals surface area contributed by atoms with E-state index in [-0.39, 0.29) is 11.9 Å². The lowest BCUT2D eigenvalue weighted by Crippen LogP contribution is -2.50. The van der Waals surface area contributed by atoms with Crippen LogP contribution in [0.4, 0.5) is 16.3 Å². The zero-order chi connectivity index (χ0) is 17.9. The van der Waals surface area contributed by atoms with E-state index in [0.717, 1.165) is 11.3 Å². The normalized spacial score (nSPS) is 15.1. The van der Waals surface area contributed by atoms with Crippen LogP contribution in [0.2, 0.25) is 0 Å². The third-order valence-electron chi connectivity index (χ3n) is 4.19. The smallest absolute Gasteiger partial charge is 0.410 e. The number of nitro groups is 1. The molecule has 0 saturated carbocycles. The predicted octanol–water partition coefficient (Wildman–Crippen LogP) is 2.60. The number of piperazine rings is 1. The predicted molar refractivity (Wildman–Crippen MR) is 90.1 cm³/mol. The Morgan fingerprint density at radius 2 is 1.96 bits per heavy atom. The molecular weight excluding hydrogens is 312 g/mol. The molecule has 1 aliphatic heterocycles. The Morgan fingerprint density at radius 1 is 1.33 bits per heavy atom. The minimum atomic E-state index is -0.698. The Bertz CT molecular complexity index is 634. The number of rotatable bonds is 4. The first-order valence-electron chi connectivity index (χ1n) is 7.70. The van der Waals surface area contributed by atoms with E-state index in [4.69, 9.17) is 4.74 Å². The van der Waals surface area contributed by atoms with Gasteiger partial charge in [0.05, 0.1) is 5.69 Å². The number of carbonyl (C=O) groups excluding carboxylic acids is 1. The van der Waals surface area contributed by atoms with Crippen molar-refractivity contribution in [1.29, 1.82) is 0 Å². The molecule has 130 valence electrons. The number of pyridine rings is 1. The molecule has 1 saturated heterocycles. The van der Waals surface area contributed by atoms with E-state index in [9.17, 15) is 14.9 Å². The van der Waals surface area contributed by atoms with Gasteiger partial charge in [0.15, 0.2) is 6.20 Å². The molecule has 24 heavy (non-hydrogen) atoms. The van der Waals surface area contributed by atoms with E-state index in [2.05, 4.69) is 11.6 Å². The van der Waals surface area contributed by atoms with Crippen LogP contribution in [0.5, 0.6) is 0 Å². The van der Waals surface area contributed by atoms with Gasteiger partial charge in [0.2, 0.25) is 0 Å². The van der Waals surface area contributed by atoms with E-state index in [1.54, 1.807) is 11.0 Å². The van der Waals surface area contributed by atoms with Crippen molar-refractivity contribution >= 4 is 17.6 Å². The maximum absolute atomic E-state index is 12.2. The molecule has 0 unspecified atom stereocenters. The van der Waals surface area contributed by atoms with Crippen LogP contribution in [-0.4, -0.2) is 52.7 Å². The average molecular weight is 334 g/mol. The summed E-state index contributed by atoms with van der Waals surface area (Å²) in [5.74, 6) is -0.178. The summed E-state index contributed by atoms with van der Waals surface area (Å²) in [4.78, 5) is 29.8. The lowest BCUT2D eigenvalue weighted by atomic mass is 10.0. The quantitative estimate of drug-likeness (QED) is 0.478. The molecule has 1 aromatic rings. The van der Waals surface area contributed by atoms with Crippen molar-refractivity contribution in [3.8, 4) is 0 Å². The SMILES string of the molecule is C=C(C)C(C)(C)OC(=O)N1CCN(c2ccc([N+](=O)[O-])nc2)CC1. The van der Waals surface area contributed by atoms with Gasteiger partial charge in [-0.25, -0.2) is 4.79 Å². The standard InChI is InChI=1S/C16H22N4O4/c1-12(2)16(3,4)24-15(21)19-9-7-18(8-10-19)13-5-6-14(17-11-13)20(22)23/h5-6,11H,1,7-10H2,2-4H3.